The Balaban J connectivity index is 1.74. The average molecular weight is 315 g/mol. The maximum atomic E-state index is 11.3. The van der Waals surface area contributed by atoms with Crippen LogP contribution in [0.5, 0.6) is 0 Å². The van der Waals surface area contributed by atoms with Crippen LogP contribution in [0.15, 0.2) is 24.5 Å². The highest BCUT2D eigenvalue weighted by molar-refractivity contribution is 5.94. The van der Waals surface area contributed by atoms with Crippen molar-refractivity contribution in [2.75, 3.05) is 31.1 Å². The fourth-order valence-corrected chi connectivity index (χ4v) is 2.64. The summed E-state index contributed by atoms with van der Waals surface area (Å²) >= 11 is 0. The van der Waals surface area contributed by atoms with Crippen molar-refractivity contribution in [1.29, 1.82) is 0 Å². The number of aromatic amines is 1. The van der Waals surface area contributed by atoms with E-state index in [1.807, 2.05) is 11.0 Å². The fraction of sp³-hybridized carbons (Fsp3) is 0.333. The highest BCUT2D eigenvalue weighted by Crippen LogP contribution is 2.22. The van der Waals surface area contributed by atoms with E-state index < -0.39 is 5.97 Å². The second-order valence-electron chi connectivity index (χ2n) is 5.36. The largest absolute Gasteiger partial charge is 0.478 e. The number of nitrogens with one attached hydrogen (secondary N) is 1. The lowest BCUT2D eigenvalue weighted by atomic mass is 10.1. The number of carbonyl (C=O) groups excluding carboxylic acids is 1. The van der Waals surface area contributed by atoms with Gasteiger partial charge >= 0.3 is 5.97 Å². The molecule has 1 fully saturated rings. The molecule has 2 N–H and O–H groups in total. The second-order valence-corrected chi connectivity index (χ2v) is 5.36. The number of amides is 1. The Bertz CT molecular complexity index is 717. The van der Waals surface area contributed by atoms with Gasteiger partial charge in [0.05, 0.1) is 29.5 Å². The van der Waals surface area contributed by atoms with Crippen molar-refractivity contribution >= 4 is 17.6 Å². The van der Waals surface area contributed by atoms with Crippen LogP contribution in [0.1, 0.15) is 17.3 Å². The topological polar surface area (TPSA) is 102 Å². The zero-order chi connectivity index (χ0) is 16.4. The van der Waals surface area contributed by atoms with Crippen molar-refractivity contribution in [3.05, 3.63) is 30.1 Å². The van der Waals surface area contributed by atoms with E-state index in [-0.39, 0.29) is 11.5 Å². The first-order chi connectivity index (χ1) is 11.1. The quantitative estimate of drug-likeness (QED) is 0.870. The number of nitrogens with zero attached hydrogens (tertiary/aromatic N) is 4. The minimum Gasteiger partial charge on any atom is -0.478 e. The molecule has 0 bridgehead atoms. The summed E-state index contributed by atoms with van der Waals surface area (Å²) in [5.41, 5.74) is 1.98. The molecule has 0 radical (unpaired) electrons. The van der Waals surface area contributed by atoms with Gasteiger partial charge in [-0.3, -0.25) is 14.9 Å². The molecule has 2 aromatic heterocycles. The normalized spacial score (nSPS) is 14.8. The SMILES string of the molecule is CC(=O)N1CCN(c2ccc(-c3[nH]ncc3C(=O)O)nc2)CC1. The number of rotatable bonds is 3. The zero-order valence-electron chi connectivity index (χ0n) is 12.7. The van der Waals surface area contributed by atoms with Gasteiger partial charge in [0, 0.05) is 33.1 Å². The third kappa shape index (κ3) is 3.01. The van der Waals surface area contributed by atoms with E-state index in [0.29, 0.717) is 24.5 Å². The van der Waals surface area contributed by atoms with Gasteiger partial charge in [-0.25, -0.2) is 4.79 Å². The number of piperazine rings is 1. The van der Waals surface area contributed by atoms with E-state index in [1.54, 1.807) is 19.2 Å². The Morgan fingerprint density at radius 3 is 2.48 bits per heavy atom. The molecule has 1 aliphatic heterocycles. The van der Waals surface area contributed by atoms with Crippen LogP contribution in [-0.2, 0) is 4.79 Å². The Labute approximate surface area is 132 Å². The van der Waals surface area contributed by atoms with Gasteiger partial charge in [-0.2, -0.15) is 5.10 Å². The van der Waals surface area contributed by atoms with Crippen LogP contribution in [0, 0.1) is 0 Å². The summed E-state index contributed by atoms with van der Waals surface area (Å²) in [5.74, 6) is -0.946. The Morgan fingerprint density at radius 2 is 1.91 bits per heavy atom. The summed E-state index contributed by atoms with van der Waals surface area (Å²) in [4.78, 5) is 30.8. The molecule has 1 amide bonds. The molecule has 1 saturated heterocycles. The molecule has 8 heteroatoms. The van der Waals surface area contributed by atoms with Crippen LogP contribution in [-0.4, -0.2) is 63.2 Å². The Hall–Kier alpha value is -2.90. The number of carboxylic acids is 1. The lowest BCUT2D eigenvalue weighted by molar-refractivity contribution is -0.129. The molecule has 0 saturated carbocycles. The maximum absolute atomic E-state index is 11.3. The molecule has 0 unspecified atom stereocenters. The van der Waals surface area contributed by atoms with Crippen molar-refractivity contribution in [2.24, 2.45) is 0 Å². The van der Waals surface area contributed by atoms with Crippen LogP contribution in [0.4, 0.5) is 5.69 Å². The molecule has 23 heavy (non-hydrogen) atoms. The zero-order valence-corrected chi connectivity index (χ0v) is 12.7. The van der Waals surface area contributed by atoms with Crippen LogP contribution < -0.4 is 4.90 Å². The summed E-state index contributed by atoms with van der Waals surface area (Å²) in [6.07, 6.45) is 2.99. The first-order valence-electron chi connectivity index (χ1n) is 7.30. The third-order valence-electron chi connectivity index (χ3n) is 3.96. The average Bonchev–Trinajstić information content (AvgIpc) is 3.05. The summed E-state index contributed by atoms with van der Waals surface area (Å²) in [6, 6.07) is 3.67. The highest BCUT2D eigenvalue weighted by Gasteiger charge is 2.20. The van der Waals surface area contributed by atoms with E-state index in [4.69, 9.17) is 5.11 Å². The van der Waals surface area contributed by atoms with E-state index >= 15 is 0 Å². The summed E-state index contributed by atoms with van der Waals surface area (Å²) in [6.45, 7) is 4.48. The number of H-pyrrole nitrogens is 1. The number of pyridine rings is 1. The molecule has 3 heterocycles. The number of carboxylic acid groups (broad SMARTS) is 1. The van der Waals surface area contributed by atoms with Crippen LogP contribution in [0.25, 0.3) is 11.4 Å². The van der Waals surface area contributed by atoms with Crippen molar-refractivity contribution < 1.29 is 14.7 Å². The minimum absolute atomic E-state index is 0.0959. The Kier molecular flexibility index (Phi) is 3.96. The standard InChI is InChI=1S/C15H17N5O3/c1-10(21)19-4-6-20(7-5-19)11-2-3-13(16-8-11)14-12(15(22)23)9-17-18-14/h2-3,8-9H,4-7H2,1H3,(H,17,18)(H,22,23). The van der Waals surface area contributed by atoms with Gasteiger partial charge in [0.2, 0.25) is 5.91 Å². The van der Waals surface area contributed by atoms with Gasteiger partial charge < -0.3 is 14.9 Å². The van der Waals surface area contributed by atoms with Crippen molar-refractivity contribution in [3.8, 4) is 11.4 Å². The molecule has 1 aliphatic rings. The third-order valence-corrected chi connectivity index (χ3v) is 3.96. The monoisotopic (exact) mass is 315 g/mol. The molecular weight excluding hydrogens is 298 g/mol. The highest BCUT2D eigenvalue weighted by atomic mass is 16.4. The maximum Gasteiger partial charge on any atom is 0.339 e. The number of aromatic carboxylic acids is 1. The smallest absolute Gasteiger partial charge is 0.339 e. The van der Waals surface area contributed by atoms with Gasteiger partial charge in [0.15, 0.2) is 0 Å². The van der Waals surface area contributed by atoms with E-state index in [0.717, 1.165) is 18.8 Å². The molecule has 0 spiro atoms. The van der Waals surface area contributed by atoms with Gasteiger partial charge in [-0.1, -0.05) is 0 Å². The van der Waals surface area contributed by atoms with Crippen molar-refractivity contribution in [1.82, 2.24) is 20.1 Å². The molecule has 0 aromatic carbocycles. The van der Waals surface area contributed by atoms with Crippen LogP contribution in [0.3, 0.4) is 0 Å². The van der Waals surface area contributed by atoms with Gasteiger partial charge in [0.25, 0.3) is 0 Å². The number of aromatic nitrogens is 3. The molecular formula is C15H17N5O3. The van der Waals surface area contributed by atoms with Gasteiger partial charge in [0.1, 0.15) is 5.56 Å². The molecule has 0 aliphatic carbocycles. The number of anilines is 1. The Morgan fingerprint density at radius 1 is 1.17 bits per heavy atom. The van der Waals surface area contributed by atoms with Crippen LogP contribution in [0.2, 0.25) is 0 Å². The predicted molar refractivity (Wildman–Crippen MR) is 83.2 cm³/mol. The summed E-state index contributed by atoms with van der Waals surface area (Å²) < 4.78 is 0. The van der Waals surface area contributed by atoms with Crippen molar-refractivity contribution in [3.63, 3.8) is 0 Å². The number of hydrogen-bond acceptors (Lipinski definition) is 5. The lowest BCUT2D eigenvalue weighted by Crippen LogP contribution is -2.48. The van der Waals surface area contributed by atoms with E-state index in [9.17, 15) is 9.59 Å². The molecule has 120 valence electrons. The number of carbonyl (C=O) groups is 2. The first-order valence-corrected chi connectivity index (χ1v) is 7.30. The fourth-order valence-electron chi connectivity index (χ4n) is 2.64. The van der Waals surface area contributed by atoms with Gasteiger partial charge in [-0.05, 0) is 12.1 Å². The number of hydrogen-bond donors (Lipinski definition) is 2. The second kappa shape index (κ2) is 6.07. The molecule has 0 atom stereocenters. The molecule has 3 rings (SSSR count). The lowest BCUT2D eigenvalue weighted by Gasteiger charge is -2.35. The first kappa shape index (κ1) is 15.0. The van der Waals surface area contributed by atoms with E-state index in [1.165, 1.54) is 6.20 Å². The minimum atomic E-state index is -1.04. The molecule has 8 nitrogen and oxygen atoms in total. The van der Waals surface area contributed by atoms with Gasteiger partial charge in [-0.15, -0.1) is 0 Å². The van der Waals surface area contributed by atoms with E-state index in [2.05, 4.69) is 20.1 Å². The predicted octanol–water partition coefficient (Wildman–Crippen LogP) is 0.838. The van der Waals surface area contributed by atoms with Crippen molar-refractivity contribution in [2.45, 2.75) is 6.92 Å². The molecule has 2 aromatic rings. The summed E-state index contributed by atoms with van der Waals surface area (Å²) in [7, 11) is 0. The van der Waals surface area contributed by atoms with Crippen LogP contribution >= 0.6 is 0 Å². The summed E-state index contributed by atoms with van der Waals surface area (Å²) in [5, 5.41) is 15.5.